The number of aromatic nitrogens is 1. The SMILES string of the molecule is O=C(N[C@@H](Cc1c[nH]c2ccccc12)C(=O)NCc1ccco1)C(c1ccccc1)c1ccccc1. The highest BCUT2D eigenvalue weighted by Crippen LogP contribution is 2.26. The van der Waals surface area contributed by atoms with Crippen LogP contribution in [0.5, 0.6) is 0 Å². The van der Waals surface area contributed by atoms with E-state index < -0.39 is 12.0 Å². The largest absolute Gasteiger partial charge is 0.467 e. The second-order valence-electron chi connectivity index (χ2n) is 8.68. The summed E-state index contributed by atoms with van der Waals surface area (Å²) >= 11 is 0. The highest BCUT2D eigenvalue weighted by Gasteiger charge is 2.28. The molecule has 6 heteroatoms. The number of fused-ring (bicyclic) bond motifs is 1. The highest BCUT2D eigenvalue weighted by atomic mass is 16.3. The third-order valence-electron chi connectivity index (χ3n) is 6.28. The van der Waals surface area contributed by atoms with Gasteiger partial charge >= 0.3 is 0 Å². The van der Waals surface area contributed by atoms with E-state index in [1.165, 1.54) is 0 Å². The molecule has 5 aromatic rings. The molecule has 2 aromatic heterocycles. The van der Waals surface area contributed by atoms with Gasteiger partial charge in [-0.3, -0.25) is 9.59 Å². The average Bonchev–Trinajstić information content (AvgIpc) is 3.59. The molecule has 0 spiro atoms. The van der Waals surface area contributed by atoms with Crippen molar-refractivity contribution in [1.29, 1.82) is 0 Å². The normalized spacial score (nSPS) is 11.9. The number of benzene rings is 3. The van der Waals surface area contributed by atoms with Crippen LogP contribution in [0.3, 0.4) is 0 Å². The predicted octanol–water partition coefficient (Wildman–Crippen LogP) is 4.94. The maximum atomic E-state index is 13.8. The Bertz CT molecular complexity index is 1390. The molecule has 2 amide bonds. The van der Waals surface area contributed by atoms with Crippen LogP contribution in [-0.4, -0.2) is 22.8 Å². The second-order valence-corrected chi connectivity index (χ2v) is 8.68. The van der Waals surface area contributed by atoms with Crippen molar-refractivity contribution in [3.63, 3.8) is 0 Å². The minimum Gasteiger partial charge on any atom is -0.467 e. The summed E-state index contributed by atoms with van der Waals surface area (Å²) in [6, 6.07) is 30.0. The number of nitrogens with one attached hydrogen (secondary N) is 3. The van der Waals surface area contributed by atoms with Gasteiger partial charge in [0.15, 0.2) is 0 Å². The first-order valence-corrected chi connectivity index (χ1v) is 11.9. The molecule has 1 atom stereocenters. The Morgan fingerprint density at radius 1 is 0.778 bits per heavy atom. The summed E-state index contributed by atoms with van der Waals surface area (Å²) in [5, 5.41) is 6.99. The van der Waals surface area contributed by atoms with Gasteiger partial charge in [-0.1, -0.05) is 78.9 Å². The summed E-state index contributed by atoms with van der Waals surface area (Å²) in [6.07, 6.45) is 3.81. The first kappa shape index (κ1) is 23.2. The quantitative estimate of drug-likeness (QED) is 0.281. The lowest BCUT2D eigenvalue weighted by molar-refractivity contribution is -0.129. The van der Waals surface area contributed by atoms with E-state index in [1.54, 1.807) is 18.4 Å². The molecule has 0 fully saturated rings. The number of rotatable bonds is 9. The minimum absolute atomic E-state index is 0.231. The third-order valence-corrected chi connectivity index (χ3v) is 6.28. The fraction of sp³-hybridized carbons (Fsp3) is 0.133. The zero-order valence-electron chi connectivity index (χ0n) is 19.7. The Morgan fingerprint density at radius 2 is 1.44 bits per heavy atom. The number of carbonyl (C=O) groups is 2. The third kappa shape index (κ3) is 5.23. The second kappa shape index (κ2) is 10.8. The molecular formula is C30H27N3O3. The average molecular weight is 478 g/mol. The number of amides is 2. The van der Waals surface area contributed by atoms with Crippen LogP contribution in [0.25, 0.3) is 10.9 Å². The molecule has 0 aliphatic rings. The molecule has 6 nitrogen and oxygen atoms in total. The van der Waals surface area contributed by atoms with Crippen LogP contribution in [-0.2, 0) is 22.6 Å². The zero-order chi connectivity index (χ0) is 24.7. The number of H-pyrrole nitrogens is 1. The van der Waals surface area contributed by atoms with Gasteiger partial charge in [0.05, 0.1) is 18.7 Å². The molecule has 0 bridgehead atoms. The van der Waals surface area contributed by atoms with E-state index in [9.17, 15) is 9.59 Å². The molecule has 0 saturated heterocycles. The van der Waals surface area contributed by atoms with E-state index in [1.807, 2.05) is 91.1 Å². The lowest BCUT2D eigenvalue weighted by Crippen LogP contribution is -2.49. The zero-order valence-corrected chi connectivity index (χ0v) is 19.7. The molecule has 2 heterocycles. The van der Waals surface area contributed by atoms with Gasteiger partial charge in [0, 0.05) is 23.5 Å². The van der Waals surface area contributed by atoms with Crippen molar-refractivity contribution in [2.24, 2.45) is 0 Å². The first-order valence-electron chi connectivity index (χ1n) is 11.9. The molecule has 0 unspecified atom stereocenters. The van der Waals surface area contributed by atoms with E-state index in [4.69, 9.17) is 4.42 Å². The summed E-state index contributed by atoms with van der Waals surface area (Å²) < 4.78 is 5.36. The van der Waals surface area contributed by atoms with Crippen molar-refractivity contribution in [1.82, 2.24) is 15.6 Å². The van der Waals surface area contributed by atoms with Crippen molar-refractivity contribution in [3.8, 4) is 0 Å². The molecule has 0 aliphatic heterocycles. The lowest BCUT2D eigenvalue weighted by Gasteiger charge is -2.23. The number of furan rings is 1. The Hall–Kier alpha value is -4.58. The van der Waals surface area contributed by atoms with Gasteiger partial charge in [0.1, 0.15) is 11.8 Å². The standard InChI is InChI=1S/C30H27N3O3/c34-29(32-20-24-14-9-17-36-24)27(18-23-19-31-26-16-8-7-15-25(23)26)33-30(35)28(21-10-3-1-4-11-21)22-12-5-2-6-13-22/h1-17,19,27-28,31H,18,20H2,(H,32,34)(H,33,35)/t27-/m0/s1. The summed E-state index contributed by atoms with van der Waals surface area (Å²) in [7, 11) is 0. The monoisotopic (exact) mass is 477 g/mol. The van der Waals surface area contributed by atoms with Gasteiger partial charge < -0.3 is 20.0 Å². The van der Waals surface area contributed by atoms with Crippen molar-refractivity contribution in [3.05, 3.63) is 132 Å². The van der Waals surface area contributed by atoms with Gasteiger partial charge in [-0.25, -0.2) is 0 Å². The first-order chi connectivity index (χ1) is 17.7. The van der Waals surface area contributed by atoms with E-state index in [-0.39, 0.29) is 18.4 Å². The van der Waals surface area contributed by atoms with Crippen LogP contribution in [0.15, 0.2) is 114 Å². The van der Waals surface area contributed by atoms with Gasteiger partial charge in [0.25, 0.3) is 0 Å². The molecule has 3 aromatic carbocycles. The fourth-order valence-corrected chi connectivity index (χ4v) is 4.48. The Kier molecular flexibility index (Phi) is 6.94. The molecule has 3 N–H and O–H groups in total. The topological polar surface area (TPSA) is 87.1 Å². The smallest absolute Gasteiger partial charge is 0.243 e. The van der Waals surface area contributed by atoms with Crippen LogP contribution in [0.1, 0.15) is 28.4 Å². The minimum atomic E-state index is -0.776. The van der Waals surface area contributed by atoms with E-state index in [0.29, 0.717) is 12.2 Å². The van der Waals surface area contributed by atoms with Crippen LogP contribution < -0.4 is 10.6 Å². The van der Waals surface area contributed by atoms with Crippen molar-refractivity contribution in [2.75, 3.05) is 0 Å². The van der Waals surface area contributed by atoms with Gasteiger partial charge in [-0.05, 0) is 34.9 Å². The predicted molar refractivity (Wildman–Crippen MR) is 139 cm³/mol. The molecule has 180 valence electrons. The summed E-state index contributed by atoms with van der Waals surface area (Å²) in [5.74, 6) is -0.405. The van der Waals surface area contributed by atoms with Gasteiger partial charge in [-0.2, -0.15) is 0 Å². The van der Waals surface area contributed by atoms with Crippen LogP contribution in [0.4, 0.5) is 0 Å². The molecule has 5 rings (SSSR count). The number of para-hydroxylation sites is 1. The molecule has 0 saturated carbocycles. The molecule has 0 radical (unpaired) electrons. The Balaban J connectivity index is 1.43. The fourth-order valence-electron chi connectivity index (χ4n) is 4.48. The van der Waals surface area contributed by atoms with Crippen LogP contribution in [0.2, 0.25) is 0 Å². The van der Waals surface area contributed by atoms with Gasteiger partial charge in [-0.15, -0.1) is 0 Å². The summed E-state index contributed by atoms with van der Waals surface area (Å²) in [5.41, 5.74) is 3.67. The Labute approximate surface area is 209 Å². The van der Waals surface area contributed by atoms with Crippen molar-refractivity contribution in [2.45, 2.75) is 24.9 Å². The Morgan fingerprint density at radius 3 is 2.11 bits per heavy atom. The summed E-state index contributed by atoms with van der Waals surface area (Å²) in [6.45, 7) is 0.243. The summed E-state index contributed by atoms with van der Waals surface area (Å²) in [4.78, 5) is 30.4. The maximum absolute atomic E-state index is 13.8. The van der Waals surface area contributed by atoms with Crippen LogP contribution >= 0.6 is 0 Å². The number of hydrogen-bond donors (Lipinski definition) is 3. The number of aromatic amines is 1. The number of carbonyl (C=O) groups excluding carboxylic acids is 2. The van der Waals surface area contributed by atoms with Crippen LogP contribution in [0, 0.1) is 0 Å². The maximum Gasteiger partial charge on any atom is 0.243 e. The highest BCUT2D eigenvalue weighted by molar-refractivity contribution is 5.93. The van der Waals surface area contributed by atoms with Crippen molar-refractivity contribution >= 4 is 22.7 Å². The molecule has 36 heavy (non-hydrogen) atoms. The molecule has 0 aliphatic carbocycles. The van der Waals surface area contributed by atoms with E-state index in [0.717, 1.165) is 27.6 Å². The number of hydrogen-bond acceptors (Lipinski definition) is 3. The van der Waals surface area contributed by atoms with Crippen molar-refractivity contribution < 1.29 is 14.0 Å². The van der Waals surface area contributed by atoms with Gasteiger partial charge in [0.2, 0.25) is 11.8 Å². The van der Waals surface area contributed by atoms with E-state index >= 15 is 0 Å². The lowest BCUT2D eigenvalue weighted by atomic mass is 9.90. The van der Waals surface area contributed by atoms with E-state index in [2.05, 4.69) is 15.6 Å². The molecular weight excluding hydrogens is 450 g/mol.